The SMILES string of the molecule is C1=C[C@H]2CNC[C@@H]1N2.O=C(O)C(F)(F)F.O=C(O)C(F)(F)F. The molecule has 0 unspecified atom stereocenters. The van der Waals surface area contributed by atoms with Crippen LogP contribution in [0.5, 0.6) is 0 Å². The second kappa shape index (κ2) is 7.98. The molecule has 0 amide bonds. The number of fused-ring (bicyclic) bond motifs is 2. The third-order valence-corrected chi connectivity index (χ3v) is 2.22. The highest BCUT2D eigenvalue weighted by Crippen LogP contribution is 2.13. The largest absolute Gasteiger partial charge is 0.490 e. The van der Waals surface area contributed by atoms with Gasteiger partial charge < -0.3 is 20.8 Å². The van der Waals surface area contributed by atoms with Crippen molar-refractivity contribution < 1.29 is 46.1 Å². The number of rotatable bonds is 0. The van der Waals surface area contributed by atoms with E-state index < -0.39 is 24.3 Å². The molecule has 128 valence electrons. The highest BCUT2D eigenvalue weighted by atomic mass is 19.4. The quantitative estimate of drug-likeness (QED) is 0.384. The number of hydrogen-bond acceptors (Lipinski definition) is 4. The molecule has 2 rings (SSSR count). The summed E-state index contributed by atoms with van der Waals surface area (Å²) in [6.07, 6.45) is -5.69. The average molecular weight is 338 g/mol. The normalized spacial score (nSPS) is 22.8. The Hall–Kier alpha value is -1.82. The first-order valence-corrected chi connectivity index (χ1v) is 5.59. The van der Waals surface area contributed by atoms with Gasteiger partial charge in [-0.3, -0.25) is 0 Å². The lowest BCUT2D eigenvalue weighted by molar-refractivity contribution is -0.193. The minimum Gasteiger partial charge on any atom is -0.475 e. The molecule has 6 nitrogen and oxygen atoms in total. The molecule has 0 saturated carbocycles. The number of nitrogens with one attached hydrogen (secondary N) is 2. The molecule has 4 N–H and O–H groups in total. The molecule has 0 radical (unpaired) electrons. The molecule has 2 bridgehead atoms. The lowest BCUT2D eigenvalue weighted by atomic mass is 10.3. The van der Waals surface area contributed by atoms with Gasteiger partial charge in [0, 0.05) is 25.2 Å². The number of carboxylic acids is 2. The van der Waals surface area contributed by atoms with Crippen LogP contribution >= 0.6 is 0 Å². The third-order valence-electron chi connectivity index (χ3n) is 2.22. The Labute approximate surface area is 119 Å². The molecule has 0 aromatic rings. The van der Waals surface area contributed by atoms with Gasteiger partial charge in [0.05, 0.1) is 0 Å². The maximum Gasteiger partial charge on any atom is 0.490 e. The van der Waals surface area contributed by atoms with E-state index in [1.54, 1.807) is 0 Å². The minimum atomic E-state index is -5.08. The predicted octanol–water partition coefficient (Wildman–Crippen LogP) is 0.753. The molecule has 0 aromatic heterocycles. The Morgan fingerprint density at radius 2 is 1.14 bits per heavy atom. The molecule has 1 saturated heterocycles. The lowest BCUT2D eigenvalue weighted by Crippen LogP contribution is -2.49. The van der Waals surface area contributed by atoms with E-state index in [1.165, 1.54) is 0 Å². The Kier molecular flexibility index (Phi) is 7.32. The number of alkyl halides is 6. The molecule has 2 heterocycles. The Balaban J connectivity index is 0.000000303. The summed E-state index contributed by atoms with van der Waals surface area (Å²) in [5.41, 5.74) is 0. The highest BCUT2D eigenvalue weighted by Gasteiger charge is 2.38. The summed E-state index contributed by atoms with van der Waals surface area (Å²) in [6, 6.07) is 1.24. The van der Waals surface area contributed by atoms with Crippen LogP contribution in [0.25, 0.3) is 0 Å². The number of aliphatic carboxylic acids is 2. The molecule has 0 spiro atoms. The lowest BCUT2D eigenvalue weighted by Gasteiger charge is -2.21. The van der Waals surface area contributed by atoms with Crippen molar-refractivity contribution in [2.24, 2.45) is 0 Å². The topological polar surface area (TPSA) is 98.7 Å². The third kappa shape index (κ3) is 8.46. The van der Waals surface area contributed by atoms with Crippen LogP contribution in [-0.4, -0.2) is 59.7 Å². The molecule has 12 heteroatoms. The minimum absolute atomic E-state index is 0.619. The molecule has 0 aromatic carbocycles. The first kappa shape index (κ1) is 20.2. The van der Waals surface area contributed by atoms with Crippen molar-refractivity contribution in [2.45, 2.75) is 24.4 Å². The number of halogens is 6. The standard InChI is InChI=1S/C6H10N2.2C2HF3O2/c1-2-6-4-7-3-5(1)8-6;2*3-2(4,5)1(6)7/h1-2,5-8H,3-4H2;2*(H,6,7)/t5-,6+;;. The fourth-order valence-corrected chi connectivity index (χ4v) is 1.30. The van der Waals surface area contributed by atoms with Gasteiger partial charge in [-0.25, -0.2) is 9.59 Å². The van der Waals surface area contributed by atoms with Crippen molar-refractivity contribution in [1.82, 2.24) is 10.6 Å². The molecule has 2 atom stereocenters. The Morgan fingerprint density at radius 3 is 1.32 bits per heavy atom. The zero-order valence-electron chi connectivity index (χ0n) is 10.7. The number of carboxylic acid groups (broad SMARTS) is 2. The molecular weight excluding hydrogens is 326 g/mol. The van der Waals surface area contributed by atoms with Crippen molar-refractivity contribution >= 4 is 11.9 Å². The van der Waals surface area contributed by atoms with Gasteiger partial charge in [-0.1, -0.05) is 12.2 Å². The van der Waals surface area contributed by atoms with Gasteiger partial charge in [0.1, 0.15) is 0 Å². The summed E-state index contributed by atoms with van der Waals surface area (Å²) in [7, 11) is 0. The van der Waals surface area contributed by atoms with Crippen molar-refractivity contribution in [1.29, 1.82) is 0 Å². The smallest absolute Gasteiger partial charge is 0.475 e. The van der Waals surface area contributed by atoms with Crippen molar-refractivity contribution in [3.8, 4) is 0 Å². The van der Waals surface area contributed by atoms with Crippen molar-refractivity contribution in [2.75, 3.05) is 13.1 Å². The van der Waals surface area contributed by atoms with Gasteiger partial charge in [0.15, 0.2) is 0 Å². The van der Waals surface area contributed by atoms with E-state index >= 15 is 0 Å². The monoisotopic (exact) mass is 338 g/mol. The van der Waals surface area contributed by atoms with Crippen LogP contribution in [0.4, 0.5) is 26.3 Å². The van der Waals surface area contributed by atoms with E-state index in [0.29, 0.717) is 12.1 Å². The van der Waals surface area contributed by atoms with Crippen LogP contribution in [0.15, 0.2) is 12.2 Å². The number of carbonyl (C=O) groups is 2. The van der Waals surface area contributed by atoms with E-state index in [0.717, 1.165) is 13.1 Å². The summed E-state index contributed by atoms with van der Waals surface area (Å²) < 4.78 is 63.5. The summed E-state index contributed by atoms with van der Waals surface area (Å²) in [4.78, 5) is 17.8. The van der Waals surface area contributed by atoms with Crippen LogP contribution < -0.4 is 10.6 Å². The number of piperazine rings is 1. The molecule has 22 heavy (non-hydrogen) atoms. The van der Waals surface area contributed by atoms with Crippen LogP contribution in [-0.2, 0) is 9.59 Å². The van der Waals surface area contributed by atoms with Gasteiger partial charge in [-0.05, 0) is 0 Å². The Morgan fingerprint density at radius 1 is 0.864 bits per heavy atom. The molecular formula is C10H12F6N2O4. The zero-order chi connectivity index (χ0) is 17.6. The van der Waals surface area contributed by atoms with Gasteiger partial charge >= 0.3 is 24.3 Å². The summed E-state index contributed by atoms with van der Waals surface area (Å²) >= 11 is 0. The first-order valence-electron chi connectivity index (χ1n) is 5.59. The first-order chi connectivity index (χ1) is 9.84. The van der Waals surface area contributed by atoms with Gasteiger partial charge in [0.25, 0.3) is 0 Å². The Bertz CT molecular complexity index is 385. The van der Waals surface area contributed by atoms with E-state index in [-0.39, 0.29) is 0 Å². The molecule has 1 fully saturated rings. The second-order valence-electron chi connectivity index (χ2n) is 4.03. The fraction of sp³-hybridized carbons (Fsp3) is 0.600. The second-order valence-corrected chi connectivity index (χ2v) is 4.03. The van der Waals surface area contributed by atoms with Gasteiger partial charge in [-0.2, -0.15) is 26.3 Å². The zero-order valence-corrected chi connectivity index (χ0v) is 10.7. The predicted molar refractivity (Wildman–Crippen MR) is 60.1 cm³/mol. The fourth-order valence-electron chi connectivity index (χ4n) is 1.30. The van der Waals surface area contributed by atoms with Crippen LogP contribution in [0.1, 0.15) is 0 Å². The van der Waals surface area contributed by atoms with Crippen LogP contribution in [0.3, 0.4) is 0 Å². The van der Waals surface area contributed by atoms with Crippen LogP contribution in [0.2, 0.25) is 0 Å². The van der Waals surface area contributed by atoms with E-state index in [2.05, 4.69) is 22.8 Å². The van der Waals surface area contributed by atoms with Gasteiger partial charge in [0.2, 0.25) is 0 Å². The van der Waals surface area contributed by atoms with E-state index in [1.807, 2.05) is 0 Å². The van der Waals surface area contributed by atoms with Crippen LogP contribution in [0, 0.1) is 0 Å². The molecule has 0 aliphatic carbocycles. The van der Waals surface area contributed by atoms with E-state index in [4.69, 9.17) is 19.8 Å². The number of hydrogen-bond donors (Lipinski definition) is 4. The van der Waals surface area contributed by atoms with Gasteiger partial charge in [-0.15, -0.1) is 0 Å². The van der Waals surface area contributed by atoms with E-state index in [9.17, 15) is 26.3 Å². The summed E-state index contributed by atoms with van der Waals surface area (Å²) in [5.74, 6) is -5.51. The highest BCUT2D eigenvalue weighted by molar-refractivity contribution is 5.73. The van der Waals surface area contributed by atoms with Crippen molar-refractivity contribution in [3.63, 3.8) is 0 Å². The summed E-state index contributed by atoms with van der Waals surface area (Å²) in [6.45, 7) is 2.21. The molecule has 2 aliphatic rings. The van der Waals surface area contributed by atoms with Crippen molar-refractivity contribution in [3.05, 3.63) is 12.2 Å². The summed E-state index contributed by atoms with van der Waals surface area (Å²) in [5, 5.41) is 21.0. The molecule has 2 aliphatic heterocycles. The maximum absolute atomic E-state index is 10.6. The maximum atomic E-state index is 10.6. The average Bonchev–Trinajstić information content (AvgIpc) is 2.67.